The third-order valence-corrected chi connectivity index (χ3v) is 5.46. The molecule has 1 aromatic heterocycles. The molecule has 108 valence electrons. The van der Waals surface area contributed by atoms with Gasteiger partial charge in [0.1, 0.15) is 5.75 Å². The summed E-state index contributed by atoms with van der Waals surface area (Å²) in [5.74, 6) is 0.0343. The second-order valence-corrected chi connectivity index (χ2v) is 6.24. The van der Waals surface area contributed by atoms with E-state index >= 15 is 0 Å². The van der Waals surface area contributed by atoms with Gasteiger partial charge < -0.3 is 10.1 Å². The van der Waals surface area contributed by atoms with E-state index in [1.165, 1.54) is 0 Å². The molecule has 0 saturated heterocycles. The maximum absolute atomic E-state index is 10.4. The van der Waals surface area contributed by atoms with Gasteiger partial charge in [-0.1, -0.05) is 58.0 Å². The molecular formula is C14H6Cl5NO. The van der Waals surface area contributed by atoms with Crippen LogP contribution >= 0.6 is 58.0 Å². The molecule has 21 heavy (non-hydrogen) atoms. The van der Waals surface area contributed by atoms with Gasteiger partial charge in [-0.2, -0.15) is 0 Å². The van der Waals surface area contributed by atoms with E-state index in [-0.39, 0.29) is 30.9 Å². The predicted octanol–water partition coefficient (Wildman–Crippen LogP) is 6.81. The molecule has 0 spiro atoms. The smallest absolute Gasteiger partial charge is 0.132 e. The van der Waals surface area contributed by atoms with Crippen molar-refractivity contribution in [3.63, 3.8) is 0 Å². The van der Waals surface area contributed by atoms with E-state index in [0.717, 1.165) is 5.52 Å². The Bertz CT molecular complexity index is 842. The maximum atomic E-state index is 10.4. The number of fused-ring (bicyclic) bond motifs is 1. The third-order valence-electron chi connectivity index (χ3n) is 3.19. The number of halogens is 5. The number of aromatic hydroxyl groups is 1. The molecule has 2 N–H and O–H groups in total. The fourth-order valence-electron chi connectivity index (χ4n) is 2.16. The van der Waals surface area contributed by atoms with Crippen LogP contribution in [-0.4, -0.2) is 10.1 Å². The number of rotatable bonds is 1. The first kappa shape index (κ1) is 15.1. The lowest BCUT2D eigenvalue weighted by Gasteiger charge is -2.14. The SMILES string of the molecule is Oc1c(-c2c(Cl)c(Cl)c(Cl)c(Cl)c2Cl)ccc2[nH]ccc12. The molecule has 0 aliphatic heterocycles. The average Bonchev–Trinajstić information content (AvgIpc) is 2.95. The normalized spacial score (nSPS) is 11.3. The molecule has 0 saturated carbocycles. The molecule has 0 bridgehead atoms. The molecule has 0 fully saturated rings. The first-order valence-corrected chi connectivity index (χ1v) is 7.63. The second kappa shape index (κ2) is 5.45. The van der Waals surface area contributed by atoms with E-state index in [1.54, 1.807) is 24.4 Å². The lowest BCUT2D eigenvalue weighted by Crippen LogP contribution is -1.88. The maximum Gasteiger partial charge on any atom is 0.132 e. The average molecular weight is 381 g/mol. The van der Waals surface area contributed by atoms with E-state index in [9.17, 15) is 5.11 Å². The quantitative estimate of drug-likeness (QED) is 0.353. The summed E-state index contributed by atoms with van der Waals surface area (Å²) < 4.78 is 0. The standard InChI is InChI=1S/C14H6Cl5NO/c15-9-8(10(16)12(18)13(19)11(9)17)6-1-2-7-5(14(6)21)3-4-20-7/h1-4,20-21H. The van der Waals surface area contributed by atoms with Crippen LogP contribution in [0, 0.1) is 0 Å². The van der Waals surface area contributed by atoms with Crippen molar-refractivity contribution in [1.82, 2.24) is 4.98 Å². The number of phenolic OH excluding ortho intramolecular Hbond substituents is 1. The lowest BCUT2D eigenvalue weighted by molar-refractivity contribution is 0.483. The fourth-order valence-corrected chi connectivity index (χ4v) is 3.50. The van der Waals surface area contributed by atoms with Crippen LogP contribution in [-0.2, 0) is 0 Å². The van der Waals surface area contributed by atoms with Gasteiger partial charge in [0.2, 0.25) is 0 Å². The van der Waals surface area contributed by atoms with Crippen LogP contribution in [0.4, 0.5) is 0 Å². The zero-order valence-corrected chi connectivity index (χ0v) is 13.9. The van der Waals surface area contributed by atoms with Crippen molar-refractivity contribution >= 4 is 68.9 Å². The van der Waals surface area contributed by atoms with Crippen LogP contribution in [0.15, 0.2) is 24.4 Å². The monoisotopic (exact) mass is 379 g/mol. The number of hydrogen-bond donors (Lipinski definition) is 2. The lowest BCUT2D eigenvalue weighted by atomic mass is 10.0. The van der Waals surface area contributed by atoms with Crippen molar-refractivity contribution < 1.29 is 5.11 Å². The molecular weight excluding hydrogens is 375 g/mol. The molecule has 1 heterocycles. The Balaban J connectivity index is 2.40. The van der Waals surface area contributed by atoms with E-state index in [1.807, 2.05) is 0 Å². The van der Waals surface area contributed by atoms with E-state index in [0.29, 0.717) is 16.5 Å². The van der Waals surface area contributed by atoms with Gasteiger partial charge in [0.05, 0.1) is 25.1 Å². The molecule has 7 heteroatoms. The van der Waals surface area contributed by atoms with Gasteiger partial charge in [0.25, 0.3) is 0 Å². The minimum Gasteiger partial charge on any atom is -0.507 e. The zero-order valence-electron chi connectivity index (χ0n) is 10.1. The number of H-pyrrole nitrogens is 1. The van der Waals surface area contributed by atoms with Gasteiger partial charge in [-0.25, -0.2) is 0 Å². The summed E-state index contributed by atoms with van der Waals surface area (Å²) in [6.07, 6.45) is 1.72. The number of benzene rings is 2. The van der Waals surface area contributed by atoms with E-state index < -0.39 is 0 Å². The summed E-state index contributed by atoms with van der Waals surface area (Å²) in [6, 6.07) is 5.23. The molecule has 2 nitrogen and oxygen atoms in total. The summed E-state index contributed by atoms with van der Waals surface area (Å²) >= 11 is 30.6. The molecule has 0 atom stereocenters. The Morgan fingerprint density at radius 2 is 1.33 bits per heavy atom. The highest BCUT2D eigenvalue weighted by Crippen LogP contribution is 2.50. The highest BCUT2D eigenvalue weighted by molar-refractivity contribution is 6.56. The van der Waals surface area contributed by atoms with E-state index in [4.69, 9.17) is 58.0 Å². The Hall–Kier alpha value is -0.770. The van der Waals surface area contributed by atoms with Crippen LogP contribution in [0.5, 0.6) is 5.75 Å². The summed E-state index contributed by atoms with van der Waals surface area (Å²) in [6.45, 7) is 0. The summed E-state index contributed by atoms with van der Waals surface area (Å²) in [5, 5.41) is 11.6. The van der Waals surface area contributed by atoms with Crippen molar-refractivity contribution in [3.8, 4) is 16.9 Å². The second-order valence-electron chi connectivity index (χ2n) is 4.35. The molecule has 0 aliphatic carbocycles. The first-order chi connectivity index (χ1) is 9.93. The molecule has 0 amide bonds. The highest BCUT2D eigenvalue weighted by atomic mass is 35.5. The minimum atomic E-state index is 0.0343. The number of nitrogens with one attached hydrogen (secondary N) is 1. The van der Waals surface area contributed by atoms with Crippen molar-refractivity contribution in [2.45, 2.75) is 0 Å². The van der Waals surface area contributed by atoms with Crippen molar-refractivity contribution in [2.24, 2.45) is 0 Å². The fraction of sp³-hybridized carbons (Fsp3) is 0. The van der Waals surface area contributed by atoms with Gasteiger partial charge in [0, 0.05) is 28.2 Å². The summed E-state index contributed by atoms with van der Waals surface area (Å²) in [4.78, 5) is 3.00. The minimum absolute atomic E-state index is 0.0343. The van der Waals surface area contributed by atoms with Crippen molar-refractivity contribution in [3.05, 3.63) is 49.5 Å². The molecule has 0 unspecified atom stereocenters. The topological polar surface area (TPSA) is 36.0 Å². The van der Waals surface area contributed by atoms with Gasteiger partial charge in [0.15, 0.2) is 0 Å². The van der Waals surface area contributed by atoms with Gasteiger partial charge >= 0.3 is 0 Å². The van der Waals surface area contributed by atoms with Gasteiger partial charge in [-0.3, -0.25) is 0 Å². The predicted molar refractivity (Wildman–Crippen MR) is 90.4 cm³/mol. The van der Waals surface area contributed by atoms with Crippen molar-refractivity contribution in [1.29, 1.82) is 0 Å². The van der Waals surface area contributed by atoms with Gasteiger partial charge in [-0.15, -0.1) is 0 Å². The Labute approximate surface area is 145 Å². The van der Waals surface area contributed by atoms with Crippen LogP contribution in [0.25, 0.3) is 22.0 Å². The molecule has 2 aromatic carbocycles. The molecule has 3 rings (SSSR count). The van der Waals surface area contributed by atoms with Gasteiger partial charge in [-0.05, 0) is 18.2 Å². The number of aromatic nitrogens is 1. The van der Waals surface area contributed by atoms with E-state index in [2.05, 4.69) is 4.98 Å². The largest absolute Gasteiger partial charge is 0.507 e. The summed E-state index contributed by atoms with van der Waals surface area (Å²) in [5.41, 5.74) is 1.56. The molecule has 3 aromatic rings. The highest BCUT2D eigenvalue weighted by Gasteiger charge is 2.23. The third kappa shape index (κ3) is 2.26. The first-order valence-electron chi connectivity index (χ1n) is 5.74. The molecule has 0 radical (unpaired) electrons. The Kier molecular flexibility index (Phi) is 3.93. The number of aromatic amines is 1. The Morgan fingerprint density at radius 1 is 0.762 bits per heavy atom. The van der Waals surface area contributed by atoms with Crippen LogP contribution in [0.3, 0.4) is 0 Å². The number of phenols is 1. The van der Waals surface area contributed by atoms with Crippen LogP contribution < -0.4 is 0 Å². The van der Waals surface area contributed by atoms with Crippen LogP contribution in [0.2, 0.25) is 25.1 Å². The van der Waals surface area contributed by atoms with Crippen molar-refractivity contribution in [2.75, 3.05) is 0 Å². The molecule has 0 aliphatic rings. The zero-order chi connectivity index (χ0) is 15.3. The Morgan fingerprint density at radius 3 is 1.95 bits per heavy atom. The van der Waals surface area contributed by atoms with Crippen LogP contribution in [0.1, 0.15) is 0 Å². The summed E-state index contributed by atoms with van der Waals surface area (Å²) in [7, 11) is 0. The number of hydrogen-bond acceptors (Lipinski definition) is 1.